The van der Waals surface area contributed by atoms with Gasteiger partial charge in [0.2, 0.25) is 21.8 Å². The minimum atomic E-state index is -3.82. The lowest BCUT2D eigenvalue weighted by molar-refractivity contribution is -0.138. The highest BCUT2D eigenvalue weighted by molar-refractivity contribution is 7.89. The first-order valence-electron chi connectivity index (χ1n) is 10.8. The highest BCUT2D eigenvalue weighted by Crippen LogP contribution is 2.28. The number of amides is 2. The van der Waals surface area contributed by atoms with Crippen molar-refractivity contribution in [1.82, 2.24) is 14.9 Å². The Balaban J connectivity index is 1.66. The molecule has 7 nitrogen and oxygen atoms in total. The molecule has 8 heteroatoms. The molecule has 2 N–H and O–H groups in total. The van der Waals surface area contributed by atoms with Gasteiger partial charge in [-0.05, 0) is 56.6 Å². The van der Waals surface area contributed by atoms with Crippen molar-refractivity contribution in [2.24, 2.45) is 17.8 Å². The maximum Gasteiger partial charge on any atom is 0.241 e. The molecule has 2 aliphatic rings. The van der Waals surface area contributed by atoms with Gasteiger partial charge in [0.15, 0.2) is 0 Å². The Kier molecular flexibility index (Phi) is 7.18. The Morgan fingerprint density at radius 3 is 2.40 bits per heavy atom. The molecule has 0 bridgehead atoms. The second-order valence-electron chi connectivity index (χ2n) is 8.97. The molecule has 30 heavy (non-hydrogen) atoms. The minimum absolute atomic E-state index is 0.000679. The van der Waals surface area contributed by atoms with Crippen molar-refractivity contribution in [3.05, 3.63) is 29.8 Å². The summed E-state index contributed by atoms with van der Waals surface area (Å²) in [6.07, 6.45) is 3.84. The number of likely N-dealkylation sites (tertiary alicyclic amines) is 1. The first-order chi connectivity index (χ1) is 14.2. The molecule has 2 amide bonds. The van der Waals surface area contributed by atoms with Crippen LogP contribution >= 0.6 is 0 Å². The molecule has 1 saturated heterocycles. The van der Waals surface area contributed by atoms with Gasteiger partial charge >= 0.3 is 0 Å². The van der Waals surface area contributed by atoms with Crippen molar-refractivity contribution < 1.29 is 18.0 Å². The van der Waals surface area contributed by atoms with Crippen LogP contribution in [0.25, 0.3) is 0 Å². The van der Waals surface area contributed by atoms with Gasteiger partial charge in [0.05, 0.1) is 10.8 Å². The number of sulfonamides is 1. The predicted molar refractivity (Wildman–Crippen MR) is 115 cm³/mol. The summed E-state index contributed by atoms with van der Waals surface area (Å²) in [5.41, 5.74) is 0.963. The highest BCUT2D eigenvalue weighted by atomic mass is 32.2. The number of hydrogen-bond donors (Lipinski definition) is 2. The molecular formula is C22H33N3O4S. The van der Waals surface area contributed by atoms with Crippen molar-refractivity contribution in [3.63, 3.8) is 0 Å². The van der Waals surface area contributed by atoms with E-state index in [1.807, 2.05) is 20.8 Å². The zero-order chi connectivity index (χ0) is 21.9. The quantitative estimate of drug-likeness (QED) is 0.653. The first-order valence-corrected chi connectivity index (χ1v) is 12.3. The van der Waals surface area contributed by atoms with Crippen molar-refractivity contribution in [2.45, 2.75) is 57.4 Å². The van der Waals surface area contributed by atoms with E-state index in [1.54, 1.807) is 29.2 Å². The van der Waals surface area contributed by atoms with Crippen LogP contribution in [0.5, 0.6) is 0 Å². The van der Waals surface area contributed by atoms with Gasteiger partial charge in [-0.1, -0.05) is 31.5 Å². The topological polar surface area (TPSA) is 95.6 Å². The molecule has 2 atom stereocenters. The van der Waals surface area contributed by atoms with Gasteiger partial charge in [0, 0.05) is 19.6 Å². The second-order valence-corrected chi connectivity index (χ2v) is 10.7. The molecule has 3 rings (SSSR count). The van der Waals surface area contributed by atoms with Crippen LogP contribution in [0.4, 0.5) is 0 Å². The number of hydrogen-bond acceptors (Lipinski definition) is 4. The lowest BCUT2D eigenvalue weighted by Gasteiger charge is -2.35. The van der Waals surface area contributed by atoms with Crippen LogP contribution in [0.2, 0.25) is 0 Å². The van der Waals surface area contributed by atoms with E-state index in [1.165, 1.54) is 12.8 Å². The van der Waals surface area contributed by atoms with Gasteiger partial charge in [-0.3, -0.25) is 9.59 Å². The average Bonchev–Trinajstić information content (AvgIpc) is 3.54. The van der Waals surface area contributed by atoms with Gasteiger partial charge in [0.25, 0.3) is 0 Å². The normalized spacial score (nSPS) is 20.8. The highest BCUT2D eigenvalue weighted by Gasteiger charge is 2.35. The van der Waals surface area contributed by atoms with E-state index in [-0.39, 0.29) is 28.5 Å². The molecule has 1 aliphatic carbocycles. The lowest BCUT2D eigenvalue weighted by Crippen LogP contribution is -2.54. The number of carbonyl (C=O) groups excluding carboxylic acids is 2. The largest absolute Gasteiger partial charge is 0.356 e. The summed E-state index contributed by atoms with van der Waals surface area (Å²) in [5.74, 6) is -0.109. The third kappa shape index (κ3) is 5.82. The molecule has 0 radical (unpaired) electrons. The van der Waals surface area contributed by atoms with E-state index in [9.17, 15) is 18.0 Å². The van der Waals surface area contributed by atoms with Crippen LogP contribution < -0.4 is 10.0 Å². The van der Waals surface area contributed by atoms with Crippen molar-refractivity contribution >= 4 is 21.8 Å². The van der Waals surface area contributed by atoms with Crippen LogP contribution in [0.15, 0.2) is 29.2 Å². The first kappa shape index (κ1) is 22.7. The Hall–Kier alpha value is -1.93. The molecule has 0 spiro atoms. The smallest absolute Gasteiger partial charge is 0.241 e. The summed E-state index contributed by atoms with van der Waals surface area (Å²) in [7, 11) is -3.82. The molecule has 1 saturated carbocycles. The average molecular weight is 436 g/mol. The summed E-state index contributed by atoms with van der Waals surface area (Å²) in [6.45, 7) is 7.13. The molecule has 2 unspecified atom stereocenters. The molecule has 0 aromatic heterocycles. The standard InChI is InChI=1S/C22H33N3O4S/c1-15(2)20(24-30(28,29)19-10-6-16(3)7-11-19)22(27)25-12-4-5-18(14-25)21(26)23-13-17-8-9-17/h6-7,10-11,15,17-18,20,24H,4-5,8-9,12-14H2,1-3H3,(H,23,26). The van der Waals surface area contributed by atoms with Gasteiger partial charge in [0.1, 0.15) is 6.04 Å². The number of aryl methyl sites for hydroxylation is 1. The number of benzene rings is 1. The van der Waals surface area contributed by atoms with Gasteiger partial charge in [-0.25, -0.2) is 8.42 Å². The SMILES string of the molecule is Cc1ccc(S(=O)(=O)NC(C(=O)N2CCCC(C(=O)NCC3CC3)C2)C(C)C)cc1. The lowest BCUT2D eigenvalue weighted by atomic mass is 9.95. The maximum atomic E-state index is 13.2. The summed E-state index contributed by atoms with van der Waals surface area (Å²) >= 11 is 0. The van der Waals surface area contributed by atoms with E-state index >= 15 is 0 Å². The minimum Gasteiger partial charge on any atom is -0.356 e. The summed E-state index contributed by atoms with van der Waals surface area (Å²) in [5, 5.41) is 3.00. The number of piperidine rings is 1. The van der Waals surface area contributed by atoms with Crippen LogP contribution in [0.3, 0.4) is 0 Å². The molecule has 1 aromatic carbocycles. The fourth-order valence-corrected chi connectivity index (χ4v) is 5.06. The third-order valence-corrected chi connectivity index (χ3v) is 7.37. The van der Waals surface area contributed by atoms with Gasteiger partial charge in [-0.15, -0.1) is 0 Å². The molecular weight excluding hydrogens is 402 g/mol. The zero-order valence-electron chi connectivity index (χ0n) is 18.1. The van der Waals surface area contributed by atoms with E-state index in [4.69, 9.17) is 0 Å². The Morgan fingerprint density at radius 1 is 1.13 bits per heavy atom. The second kappa shape index (κ2) is 9.47. The fourth-order valence-electron chi connectivity index (χ4n) is 3.72. The molecule has 2 fully saturated rings. The van der Waals surface area contributed by atoms with Crippen LogP contribution in [0.1, 0.15) is 45.1 Å². The predicted octanol–water partition coefficient (Wildman–Crippen LogP) is 2.06. The molecule has 1 aliphatic heterocycles. The van der Waals surface area contributed by atoms with Crippen molar-refractivity contribution in [2.75, 3.05) is 19.6 Å². The van der Waals surface area contributed by atoms with Crippen molar-refractivity contribution in [3.8, 4) is 0 Å². The Labute approximate surface area is 179 Å². The number of rotatable bonds is 8. The summed E-state index contributed by atoms with van der Waals surface area (Å²) in [4.78, 5) is 27.5. The van der Waals surface area contributed by atoms with E-state index in [0.717, 1.165) is 18.4 Å². The summed E-state index contributed by atoms with van der Waals surface area (Å²) < 4.78 is 28.3. The summed E-state index contributed by atoms with van der Waals surface area (Å²) in [6, 6.07) is 5.68. The van der Waals surface area contributed by atoms with Crippen LogP contribution in [0, 0.1) is 24.7 Å². The number of nitrogens with one attached hydrogen (secondary N) is 2. The Bertz CT molecular complexity index is 863. The van der Waals surface area contributed by atoms with Gasteiger partial charge in [-0.2, -0.15) is 4.72 Å². The maximum absolute atomic E-state index is 13.2. The Morgan fingerprint density at radius 2 is 1.80 bits per heavy atom. The molecule has 166 valence electrons. The molecule has 1 heterocycles. The van der Waals surface area contributed by atoms with Crippen LogP contribution in [-0.2, 0) is 19.6 Å². The molecule has 1 aromatic rings. The number of nitrogens with zero attached hydrogens (tertiary/aromatic N) is 1. The van der Waals surface area contributed by atoms with Gasteiger partial charge < -0.3 is 10.2 Å². The zero-order valence-corrected chi connectivity index (χ0v) is 18.9. The third-order valence-electron chi connectivity index (χ3n) is 5.91. The monoisotopic (exact) mass is 435 g/mol. The van der Waals surface area contributed by atoms with Crippen molar-refractivity contribution in [1.29, 1.82) is 0 Å². The van der Waals surface area contributed by atoms with Crippen LogP contribution in [-0.4, -0.2) is 50.8 Å². The van der Waals surface area contributed by atoms with E-state index in [0.29, 0.717) is 25.6 Å². The fraction of sp³-hybridized carbons (Fsp3) is 0.636. The van der Waals surface area contributed by atoms with E-state index in [2.05, 4.69) is 10.0 Å². The number of carbonyl (C=O) groups is 2. The van der Waals surface area contributed by atoms with E-state index < -0.39 is 16.1 Å².